The van der Waals surface area contributed by atoms with E-state index in [0.29, 0.717) is 31.2 Å². The van der Waals surface area contributed by atoms with Gasteiger partial charge in [0.1, 0.15) is 0 Å². The van der Waals surface area contributed by atoms with Crippen LogP contribution < -0.4 is 5.32 Å². The zero-order chi connectivity index (χ0) is 15.4. The van der Waals surface area contributed by atoms with E-state index in [2.05, 4.69) is 21.6 Å². The molecule has 0 aromatic carbocycles. The summed E-state index contributed by atoms with van der Waals surface area (Å²) in [6, 6.07) is 6.14. The van der Waals surface area contributed by atoms with Crippen LogP contribution in [0.15, 0.2) is 24.5 Å². The highest BCUT2D eigenvalue weighted by molar-refractivity contribution is 5.91. The number of nitrogens with one attached hydrogen (secondary N) is 1. The quantitative estimate of drug-likeness (QED) is 0.882. The number of amides is 1. The summed E-state index contributed by atoms with van der Waals surface area (Å²) in [5.74, 6) is 0.407. The lowest BCUT2D eigenvalue weighted by atomic mass is 9.93. The first-order valence-electron chi connectivity index (χ1n) is 7.49. The van der Waals surface area contributed by atoms with Crippen LogP contribution in [0.1, 0.15) is 37.4 Å². The second-order valence-electron chi connectivity index (χ2n) is 5.45. The maximum Gasteiger partial charge on any atom is 0.231 e. The first-order chi connectivity index (χ1) is 10.8. The summed E-state index contributed by atoms with van der Waals surface area (Å²) in [5.41, 5.74) is 0.936. The molecule has 22 heavy (non-hydrogen) atoms. The Balaban J connectivity index is 1.57. The third kappa shape index (κ3) is 3.17. The Hall–Kier alpha value is -2.62. The Morgan fingerprint density at radius 3 is 3.05 bits per heavy atom. The molecular formula is C15H18N6O. The van der Waals surface area contributed by atoms with E-state index in [1.807, 2.05) is 10.7 Å². The number of carbonyl (C=O) groups is 1. The molecule has 1 N–H and O–H groups in total. The summed E-state index contributed by atoms with van der Waals surface area (Å²) in [6.07, 6.45) is 7.70. The monoisotopic (exact) mass is 298 g/mol. The summed E-state index contributed by atoms with van der Waals surface area (Å²) < 4.78 is 3.62. The van der Waals surface area contributed by atoms with Crippen LogP contribution in [0.3, 0.4) is 0 Å². The molecule has 1 amide bonds. The lowest BCUT2D eigenvalue weighted by molar-refractivity contribution is -0.115. The molecule has 7 nitrogen and oxygen atoms in total. The van der Waals surface area contributed by atoms with E-state index in [1.54, 1.807) is 23.1 Å². The SMILES string of the molecule is N#CCCn1ccc(NC(=O)Cc2ccnn2C2CCC2)n1. The van der Waals surface area contributed by atoms with Gasteiger partial charge in [-0.15, -0.1) is 0 Å². The Bertz CT molecular complexity index is 691. The summed E-state index contributed by atoms with van der Waals surface area (Å²) in [4.78, 5) is 12.1. The first-order valence-corrected chi connectivity index (χ1v) is 7.49. The van der Waals surface area contributed by atoms with Gasteiger partial charge in [0.05, 0.1) is 31.5 Å². The predicted octanol–water partition coefficient (Wildman–Crippen LogP) is 1.90. The van der Waals surface area contributed by atoms with Crippen molar-refractivity contribution in [2.45, 2.75) is 44.7 Å². The molecule has 3 rings (SSSR count). The molecule has 0 radical (unpaired) electrons. The van der Waals surface area contributed by atoms with Gasteiger partial charge in [-0.1, -0.05) is 0 Å². The van der Waals surface area contributed by atoms with Gasteiger partial charge in [0.2, 0.25) is 5.91 Å². The average Bonchev–Trinajstić information content (AvgIpc) is 3.05. The van der Waals surface area contributed by atoms with Gasteiger partial charge in [0, 0.05) is 24.2 Å². The maximum atomic E-state index is 12.1. The predicted molar refractivity (Wildman–Crippen MR) is 79.9 cm³/mol. The minimum Gasteiger partial charge on any atom is -0.309 e. The van der Waals surface area contributed by atoms with Crippen molar-refractivity contribution in [1.29, 1.82) is 5.26 Å². The van der Waals surface area contributed by atoms with E-state index in [9.17, 15) is 4.79 Å². The zero-order valence-corrected chi connectivity index (χ0v) is 12.3. The molecule has 114 valence electrons. The van der Waals surface area contributed by atoms with Crippen LogP contribution in [-0.4, -0.2) is 25.5 Å². The van der Waals surface area contributed by atoms with Gasteiger partial charge in [-0.05, 0) is 25.3 Å². The van der Waals surface area contributed by atoms with Crippen molar-refractivity contribution in [2.75, 3.05) is 5.32 Å². The highest BCUT2D eigenvalue weighted by Gasteiger charge is 2.22. The molecule has 0 atom stereocenters. The van der Waals surface area contributed by atoms with Crippen molar-refractivity contribution < 1.29 is 4.79 Å². The number of hydrogen-bond acceptors (Lipinski definition) is 4. The molecule has 7 heteroatoms. The van der Waals surface area contributed by atoms with E-state index in [0.717, 1.165) is 18.5 Å². The number of nitrogens with zero attached hydrogens (tertiary/aromatic N) is 5. The number of aryl methyl sites for hydroxylation is 1. The van der Waals surface area contributed by atoms with Crippen molar-refractivity contribution in [3.63, 3.8) is 0 Å². The molecular weight excluding hydrogens is 280 g/mol. The smallest absolute Gasteiger partial charge is 0.231 e. The second kappa shape index (κ2) is 6.43. The molecule has 0 aliphatic heterocycles. The average molecular weight is 298 g/mol. The fourth-order valence-electron chi connectivity index (χ4n) is 2.51. The van der Waals surface area contributed by atoms with Crippen molar-refractivity contribution in [2.24, 2.45) is 0 Å². The van der Waals surface area contributed by atoms with Gasteiger partial charge in [0.15, 0.2) is 5.82 Å². The molecule has 2 aromatic heterocycles. The van der Waals surface area contributed by atoms with Gasteiger partial charge in [-0.25, -0.2) is 0 Å². The molecule has 1 aliphatic rings. The fourth-order valence-corrected chi connectivity index (χ4v) is 2.51. The highest BCUT2D eigenvalue weighted by atomic mass is 16.1. The van der Waals surface area contributed by atoms with Crippen molar-refractivity contribution in [3.05, 3.63) is 30.2 Å². The third-order valence-electron chi connectivity index (χ3n) is 3.88. The largest absolute Gasteiger partial charge is 0.309 e. The van der Waals surface area contributed by atoms with Crippen LogP contribution in [0.4, 0.5) is 5.82 Å². The normalized spacial score (nSPS) is 14.3. The molecule has 1 aliphatic carbocycles. The van der Waals surface area contributed by atoms with Gasteiger partial charge >= 0.3 is 0 Å². The fraction of sp³-hybridized carbons (Fsp3) is 0.467. The van der Waals surface area contributed by atoms with Crippen LogP contribution in [-0.2, 0) is 17.8 Å². The lowest BCUT2D eigenvalue weighted by Gasteiger charge is -2.27. The van der Waals surface area contributed by atoms with Gasteiger partial charge in [-0.2, -0.15) is 15.5 Å². The summed E-state index contributed by atoms with van der Waals surface area (Å²) in [6.45, 7) is 0.529. The molecule has 2 aromatic rings. The van der Waals surface area contributed by atoms with Gasteiger partial charge in [0.25, 0.3) is 0 Å². The van der Waals surface area contributed by atoms with E-state index in [4.69, 9.17) is 5.26 Å². The van der Waals surface area contributed by atoms with Crippen LogP contribution >= 0.6 is 0 Å². The summed E-state index contributed by atoms with van der Waals surface area (Å²) >= 11 is 0. The zero-order valence-electron chi connectivity index (χ0n) is 12.3. The molecule has 0 bridgehead atoms. The van der Waals surface area contributed by atoms with Gasteiger partial charge < -0.3 is 5.32 Å². The van der Waals surface area contributed by atoms with Crippen LogP contribution in [0, 0.1) is 11.3 Å². The van der Waals surface area contributed by atoms with E-state index in [1.165, 1.54) is 6.42 Å². The Morgan fingerprint density at radius 2 is 2.32 bits per heavy atom. The number of carbonyl (C=O) groups excluding carboxylic acids is 1. The van der Waals surface area contributed by atoms with E-state index < -0.39 is 0 Å². The number of anilines is 1. The number of rotatable bonds is 6. The minimum absolute atomic E-state index is 0.105. The topological polar surface area (TPSA) is 88.5 Å². The van der Waals surface area contributed by atoms with Gasteiger partial charge in [-0.3, -0.25) is 14.2 Å². The molecule has 0 spiro atoms. The van der Waals surface area contributed by atoms with Crippen molar-refractivity contribution in [3.8, 4) is 6.07 Å². The highest BCUT2D eigenvalue weighted by Crippen LogP contribution is 2.31. The molecule has 1 fully saturated rings. The molecule has 0 saturated heterocycles. The van der Waals surface area contributed by atoms with Crippen molar-refractivity contribution >= 4 is 11.7 Å². The standard InChI is InChI=1S/C15H18N6O/c16-7-2-9-20-10-6-14(19-20)18-15(22)11-13-5-8-17-21(13)12-3-1-4-12/h5-6,8,10,12H,1-4,9,11H2,(H,18,19,22). The van der Waals surface area contributed by atoms with Crippen molar-refractivity contribution in [1.82, 2.24) is 19.6 Å². The molecule has 0 unspecified atom stereocenters. The number of nitriles is 1. The summed E-state index contributed by atoms with van der Waals surface area (Å²) in [7, 11) is 0. The molecule has 2 heterocycles. The van der Waals surface area contributed by atoms with Crippen LogP contribution in [0.5, 0.6) is 0 Å². The Labute approximate surface area is 128 Å². The minimum atomic E-state index is -0.105. The number of aromatic nitrogens is 4. The third-order valence-corrected chi connectivity index (χ3v) is 3.88. The Kier molecular flexibility index (Phi) is 4.19. The van der Waals surface area contributed by atoms with Crippen LogP contribution in [0.2, 0.25) is 0 Å². The lowest BCUT2D eigenvalue weighted by Crippen LogP contribution is -2.23. The second-order valence-corrected chi connectivity index (χ2v) is 5.45. The number of hydrogen-bond donors (Lipinski definition) is 1. The van der Waals surface area contributed by atoms with E-state index in [-0.39, 0.29) is 5.91 Å². The summed E-state index contributed by atoms with van der Waals surface area (Å²) in [5, 5.41) is 19.9. The Morgan fingerprint density at radius 1 is 1.45 bits per heavy atom. The first kappa shape index (κ1) is 14.3. The maximum absolute atomic E-state index is 12.1. The van der Waals surface area contributed by atoms with Crippen LogP contribution in [0.25, 0.3) is 0 Å². The van der Waals surface area contributed by atoms with E-state index >= 15 is 0 Å². The molecule has 1 saturated carbocycles.